The van der Waals surface area contributed by atoms with Gasteiger partial charge in [0.1, 0.15) is 6.26 Å². The molecule has 0 aromatic rings. The SMILES string of the molecule is CCCC/C(=C\OS(=O)(=O)C(F)(F)F)CC. The number of rotatable bonds is 6. The van der Waals surface area contributed by atoms with Crippen molar-refractivity contribution in [2.24, 2.45) is 0 Å². The van der Waals surface area contributed by atoms with Crippen molar-refractivity contribution in [3.63, 3.8) is 0 Å². The summed E-state index contributed by atoms with van der Waals surface area (Å²) in [5, 5.41) is 0. The molecule has 0 spiro atoms. The van der Waals surface area contributed by atoms with Crippen molar-refractivity contribution in [2.45, 2.75) is 45.0 Å². The zero-order valence-corrected chi connectivity index (χ0v) is 9.99. The van der Waals surface area contributed by atoms with Gasteiger partial charge < -0.3 is 4.18 Å². The summed E-state index contributed by atoms with van der Waals surface area (Å²) in [6.07, 6.45) is 3.37. The third-order valence-corrected chi connectivity index (χ3v) is 2.85. The van der Waals surface area contributed by atoms with Crippen molar-refractivity contribution in [3.05, 3.63) is 11.8 Å². The lowest BCUT2D eigenvalue weighted by atomic mass is 10.1. The minimum absolute atomic E-state index is 0.466. The van der Waals surface area contributed by atoms with Gasteiger partial charge in [-0.1, -0.05) is 20.3 Å². The Morgan fingerprint density at radius 1 is 1.31 bits per heavy atom. The molecule has 0 heterocycles. The maximum absolute atomic E-state index is 11.9. The lowest BCUT2D eigenvalue weighted by molar-refractivity contribution is -0.0515. The quantitative estimate of drug-likeness (QED) is 0.418. The summed E-state index contributed by atoms with van der Waals surface area (Å²) in [5.74, 6) is 0. The Balaban J connectivity index is 4.55. The summed E-state index contributed by atoms with van der Waals surface area (Å²) < 4.78 is 60.6. The smallest absolute Gasteiger partial charge is 0.384 e. The van der Waals surface area contributed by atoms with Gasteiger partial charge >= 0.3 is 15.6 Å². The first kappa shape index (κ1) is 15.3. The van der Waals surface area contributed by atoms with Gasteiger partial charge in [0.25, 0.3) is 0 Å². The fourth-order valence-electron chi connectivity index (χ4n) is 0.909. The number of halogens is 3. The average molecular weight is 260 g/mol. The van der Waals surface area contributed by atoms with Crippen LogP contribution in [0, 0.1) is 0 Å². The highest BCUT2D eigenvalue weighted by atomic mass is 32.2. The van der Waals surface area contributed by atoms with Crippen LogP contribution in [-0.4, -0.2) is 13.9 Å². The summed E-state index contributed by atoms with van der Waals surface area (Å²) in [6.45, 7) is 3.66. The van der Waals surface area contributed by atoms with Crippen LogP contribution in [-0.2, 0) is 14.3 Å². The first-order valence-corrected chi connectivity index (χ1v) is 6.33. The van der Waals surface area contributed by atoms with Gasteiger partial charge in [0.2, 0.25) is 0 Å². The Kier molecular flexibility index (Phi) is 5.85. The standard InChI is InChI=1S/C9H15F3O3S/c1-3-5-6-8(4-2)7-15-16(13,14)9(10,11)12/h7H,3-6H2,1-2H3/b8-7-. The maximum atomic E-state index is 11.9. The zero-order valence-electron chi connectivity index (χ0n) is 9.17. The Morgan fingerprint density at radius 3 is 2.25 bits per heavy atom. The van der Waals surface area contributed by atoms with Crippen molar-refractivity contribution >= 4 is 10.1 Å². The third-order valence-electron chi connectivity index (χ3n) is 1.93. The molecule has 0 N–H and O–H groups in total. The van der Waals surface area contributed by atoms with Crippen LogP contribution < -0.4 is 0 Å². The zero-order chi connectivity index (χ0) is 12.8. The predicted molar refractivity (Wildman–Crippen MR) is 54.0 cm³/mol. The van der Waals surface area contributed by atoms with Gasteiger partial charge in [-0.3, -0.25) is 0 Å². The number of allylic oxidation sites excluding steroid dienone is 1. The molecule has 0 aliphatic heterocycles. The van der Waals surface area contributed by atoms with E-state index in [1.54, 1.807) is 6.92 Å². The highest BCUT2D eigenvalue weighted by Crippen LogP contribution is 2.25. The normalized spacial score (nSPS) is 13.9. The molecule has 0 fully saturated rings. The Bertz CT molecular complexity index is 330. The van der Waals surface area contributed by atoms with Crippen molar-refractivity contribution in [1.29, 1.82) is 0 Å². The van der Waals surface area contributed by atoms with Gasteiger partial charge in [-0.15, -0.1) is 0 Å². The van der Waals surface area contributed by atoms with E-state index in [-0.39, 0.29) is 0 Å². The van der Waals surface area contributed by atoms with E-state index in [0.29, 0.717) is 24.7 Å². The van der Waals surface area contributed by atoms with Gasteiger partial charge in [0.05, 0.1) is 0 Å². The second-order valence-corrected chi connectivity index (χ2v) is 4.79. The molecule has 0 amide bonds. The van der Waals surface area contributed by atoms with Crippen LogP contribution in [0.1, 0.15) is 39.5 Å². The second-order valence-electron chi connectivity index (χ2n) is 3.23. The summed E-state index contributed by atoms with van der Waals surface area (Å²) in [4.78, 5) is 0. The Hall–Kier alpha value is -0.720. The van der Waals surface area contributed by atoms with Crippen LogP contribution in [0.25, 0.3) is 0 Å². The number of hydrogen-bond donors (Lipinski definition) is 0. The van der Waals surface area contributed by atoms with Crippen LogP contribution in [0.2, 0.25) is 0 Å². The van der Waals surface area contributed by atoms with Gasteiger partial charge in [-0.2, -0.15) is 21.6 Å². The molecule has 0 aromatic heterocycles. The van der Waals surface area contributed by atoms with E-state index in [0.717, 1.165) is 12.8 Å². The summed E-state index contributed by atoms with van der Waals surface area (Å²) in [6, 6.07) is 0. The molecule has 0 rings (SSSR count). The largest absolute Gasteiger partial charge is 0.534 e. The van der Waals surface area contributed by atoms with Crippen molar-refractivity contribution < 1.29 is 25.8 Å². The first-order chi connectivity index (χ1) is 7.24. The highest BCUT2D eigenvalue weighted by Gasteiger charge is 2.47. The Labute approximate surface area is 93.4 Å². The van der Waals surface area contributed by atoms with E-state index in [1.165, 1.54) is 0 Å². The first-order valence-electron chi connectivity index (χ1n) is 4.92. The fraction of sp³-hybridized carbons (Fsp3) is 0.778. The molecule has 7 heteroatoms. The number of unbranched alkanes of at least 4 members (excludes halogenated alkanes) is 1. The lowest BCUT2D eigenvalue weighted by Gasteiger charge is -2.08. The van der Waals surface area contributed by atoms with E-state index in [4.69, 9.17) is 0 Å². The van der Waals surface area contributed by atoms with E-state index in [1.807, 2.05) is 6.92 Å². The van der Waals surface area contributed by atoms with E-state index in [9.17, 15) is 21.6 Å². The highest BCUT2D eigenvalue weighted by molar-refractivity contribution is 7.87. The van der Waals surface area contributed by atoms with Crippen LogP contribution in [0.5, 0.6) is 0 Å². The molecule has 16 heavy (non-hydrogen) atoms. The van der Waals surface area contributed by atoms with Crippen LogP contribution in [0.4, 0.5) is 13.2 Å². The molecule has 0 saturated heterocycles. The molecule has 0 bridgehead atoms. The molecular formula is C9H15F3O3S. The molecular weight excluding hydrogens is 245 g/mol. The molecule has 96 valence electrons. The Morgan fingerprint density at radius 2 is 1.88 bits per heavy atom. The molecule has 0 atom stereocenters. The van der Waals surface area contributed by atoms with Gasteiger partial charge in [0.15, 0.2) is 0 Å². The monoisotopic (exact) mass is 260 g/mol. The van der Waals surface area contributed by atoms with E-state index < -0.39 is 15.6 Å². The summed E-state index contributed by atoms with van der Waals surface area (Å²) in [5.41, 5.74) is -4.82. The van der Waals surface area contributed by atoms with Crippen LogP contribution in [0.15, 0.2) is 11.8 Å². The molecule has 0 aliphatic carbocycles. The summed E-state index contributed by atoms with van der Waals surface area (Å²) >= 11 is 0. The van der Waals surface area contributed by atoms with Crippen molar-refractivity contribution in [3.8, 4) is 0 Å². The fourth-order valence-corrected chi connectivity index (χ4v) is 1.28. The molecule has 0 radical (unpaired) electrons. The van der Waals surface area contributed by atoms with Crippen LogP contribution in [0.3, 0.4) is 0 Å². The second kappa shape index (κ2) is 6.12. The van der Waals surface area contributed by atoms with Crippen molar-refractivity contribution in [1.82, 2.24) is 0 Å². The molecule has 3 nitrogen and oxygen atoms in total. The van der Waals surface area contributed by atoms with Gasteiger partial charge in [0, 0.05) is 0 Å². The topological polar surface area (TPSA) is 43.4 Å². The third kappa shape index (κ3) is 4.87. The van der Waals surface area contributed by atoms with E-state index >= 15 is 0 Å². The van der Waals surface area contributed by atoms with Gasteiger partial charge in [-0.25, -0.2) is 0 Å². The molecule has 0 saturated carbocycles. The van der Waals surface area contributed by atoms with Gasteiger partial charge in [-0.05, 0) is 24.8 Å². The minimum Gasteiger partial charge on any atom is -0.384 e. The lowest BCUT2D eigenvalue weighted by Crippen LogP contribution is -2.23. The molecule has 0 unspecified atom stereocenters. The summed E-state index contributed by atoms with van der Waals surface area (Å²) in [7, 11) is -5.50. The number of alkyl halides is 3. The number of hydrogen-bond acceptors (Lipinski definition) is 3. The average Bonchev–Trinajstić information content (AvgIpc) is 2.16. The van der Waals surface area contributed by atoms with Crippen molar-refractivity contribution in [2.75, 3.05) is 0 Å². The molecule has 0 aliphatic rings. The molecule has 0 aromatic carbocycles. The van der Waals surface area contributed by atoms with Crippen LogP contribution >= 0.6 is 0 Å². The van der Waals surface area contributed by atoms with E-state index in [2.05, 4.69) is 4.18 Å². The predicted octanol–water partition coefficient (Wildman–Crippen LogP) is 3.34. The maximum Gasteiger partial charge on any atom is 0.534 e. The minimum atomic E-state index is -5.50.